The van der Waals surface area contributed by atoms with Gasteiger partial charge in [-0.15, -0.1) is 0 Å². The first-order valence-corrected chi connectivity index (χ1v) is 6.27. The number of likely N-dealkylation sites (N-methyl/N-ethyl adjacent to an activating group) is 1. The Kier molecular flexibility index (Phi) is 4.09. The van der Waals surface area contributed by atoms with Crippen LogP contribution >= 0.6 is 0 Å². The SMILES string of the molecule is COc1cc2c(cc1OC)C(CCO)N(C)CC2. The van der Waals surface area contributed by atoms with E-state index in [2.05, 4.69) is 18.0 Å². The van der Waals surface area contributed by atoms with Gasteiger partial charge in [0.05, 0.1) is 14.2 Å². The summed E-state index contributed by atoms with van der Waals surface area (Å²) in [7, 11) is 5.40. The summed E-state index contributed by atoms with van der Waals surface area (Å²) in [6.45, 7) is 1.20. The van der Waals surface area contributed by atoms with E-state index in [4.69, 9.17) is 9.47 Å². The second-order valence-electron chi connectivity index (χ2n) is 4.66. The van der Waals surface area contributed by atoms with Crippen molar-refractivity contribution in [3.63, 3.8) is 0 Å². The molecular formula is C14H21NO3. The fourth-order valence-corrected chi connectivity index (χ4v) is 2.65. The lowest BCUT2D eigenvalue weighted by molar-refractivity contribution is 0.176. The van der Waals surface area contributed by atoms with E-state index in [0.29, 0.717) is 0 Å². The molecule has 0 saturated carbocycles. The molecule has 18 heavy (non-hydrogen) atoms. The standard InChI is InChI=1S/C14H21NO3/c1-15-6-4-10-8-13(17-2)14(18-3)9-11(10)12(15)5-7-16/h8-9,12,16H,4-7H2,1-3H3. The summed E-state index contributed by atoms with van der Waals surface area (Å²) in [5.74, 6) is 1.54. The Morgan fingerprint density at radius 3 is 2.56 bits per heavy atom. The van der Waals surface area contributed by atoms with Gasteiger partial charge in [0.1, 0.15) is 0 Å². The van der Waals surface area contributed by atoms with Crippen LogP contribution in [0.4, 0.5) is 0 Å². The number of hydrogen-bond donors (Lipinski definition) is 1. The van der Waals surface area contributed by atoms with E-state index in [9.17, 15) is 5.11 Å². The van der Waals surface area contributed by atoms with Gasteiger partial charge in [0.2, 0.25) is 0 Å². The maximum absolute atomic E-state index is 9.21. The number of ether oxygens (including phenoxy) is 2. The van der Waals surface area contributed by atoms with Crippen LogP contribution in [0, 0.1) is 0 Å². The molecule has 0 spiro atoms. The number of methoxy groups -OCH3 is 2. The van der Waals surface area contributed by atoms with Crippen LogP contribution in [-0.2, 0) is 6.42 Å². The van der Waals surface area contributed by atoms with Crippen molar-refractivity contribution in [1.82, 2.24) is 4.90 Å². The van der Waals surface area contributed by atoms with Crippen molar-refractivity contribution in [3.8, 4) is 11.5 Å². The first-order chi connectivity index (χ1) is 8.71. The average Bonchev–Trinajstić information content (AvgIpc) is 2.40. The summed E-state index contributed by atoms with van der Waals surface area (Å²) < 4.78 is 10.7. The molecule has 100 valence electrons. The lowest BCUT2D eigenvalue weighted by atomic mass is 9.90. The second kappa shape index (κ2) is 5.59. The van der Waals surface area contributed by atoms with Gasteiger partial charge in [0, 0.05) is 19.2 Å². The maximum Gasteiger partial charge on any atom is 0.161 e. The van der Waals surface area contributed by atoms with Gasteiger partial charge in [-0.2, -0.15) is 0 Å². The summed E-state index contributed by atoms with van der Waals surface area (Å²) in [6.07, 6.45) is 1.76. The number of rotatable bonds is 4. The molecule has 0 radical (unpaired) electrons. The minimum absolute atomic E-state index is 0.197. The van der Waals surface area contributed by atoms with E-state index < -0.39 is 0 Å². The Labute approximate surface area is 108 Å². The van der Waals surface area contributed by atoms with Crippen molar-refractivity contribution in [2.24, 2.45) is 0 Å². The Morgan fingerprint density at radius 2 is 1.94 bits per heavy atom. The summed E-state index contributed by atoms with van der Waals surface area (Å²) in [5.41, 5.74) is 2.54. The molecular weight excluding hydrogens is 230 g/mol. The third-order valence-electron chi connectivity index (χ3n) is 3.67. The highest BCUT2D eigenvalue weighted by Gasteiger charge is 2.26. The monoisotopic (exact) mass is 251 g/mol. The number of aliphatic hydroxyl groups excluding tert-OH is 1. The van der Waals surface area contributed by atoms with Gasteiger partial charge in [-0.3, -0.25) is 4.90 Å². The molecule has 1 aromatic carbocycles. The molecule has 4 heteroatoms. The number of fused-ring (bicyclic) bond motifs is 1. The zero-order chi connectivity index (χ0) is 13.1. The molecule has 0 aromatic heterocycles. The molecule has 1 N–H and O–H groups in total. The quantitative estimate of drug-likeness (QED) is 0.883. The van der Waals surface area contributed by atoms with Gasteiger partial charge in [0.25, 0.3) is 0 Å². The van der Waals surface area contributed by atoms with Crippen molar-refractivity contribution in [3.05, 3.63) is 23.3 Å². The molecule has 0 fully saturated rings. The Bertz CT molecular complexity index is 420. The molecule has 0 bridgehead atoms. The van der Waals surface area contributed by atoms with Gasteiger partial charge >= 0.3 is 0 Å². The van der Waals surface area contributed by atoms with Gasteiger partial charge in [-0.25, -0.2) is 0 Å². The normalized spacial score (nSPS) is 19.4. The molecule has 0 saturated heterocycles. The average molecular weight is 251 g/mol. The lowest BCUT2D eigenvalue weighted by Gasteiger charge is -2.34. The van der Waals surface area contributed by atoms with E-state index in [1.807, 2.05) is 6.07 Å². The number of benzene rings is 1. The zero-order valence-corrected chi connectivity index (χ0v) is 11.3. The van der Waals surface area contributed by atoms with E-state index in [1.165, 1.54) is 11.1 Å². The molecule has 2 rings (SSSR count). The summed E-state index contributed by atoms with van der Waals surface area (Å²) >= 11 is 0. The predicted molar refractivity (Wildman–Crippen MR) is 70.3 cm³/mol. The largest absolute Gasteiger partial charge is 0.493 e. The third kappa shape index (κ3) is 2.31. The Hall–Kier alpha value is -1.26. The molecule has 1 aliphatic heterocycles. The van der Waals surface area contributed by atoms with Crippen molar-refractivity contribution in [2.45, 2.75) is 18.9 Å². The topological polar surface area (TPSA) is 41.9 Å². The third-order valence-corrected chi connectivity index (χ3v) is 3.67. The minimum atomic E-state index is 0.197. The van der Waals surface area contributed by atoms with Crippen LogP contribution < -0.4 is 9.47 Å². The molecule has 4 nitrogen and oxygen atoms in total. The first-order valence-electron chi connectivity index (χ1n) is 6.27. The fourth-order valence-electron chi connectivity index (χ4n) is 2.65. The first kappa shape index (κ1) is 13.2. The highest BCUT2D eigenvalue weighted by atomic mass is 16.5. The Balaban J connectivity index is 2.44. The van der Waals surface area contributed by atoms with Crippen LogP contribution in [0.1, 0.15) is 23.6 Å². The van der Waals surface area contributed by atoms with E-state index in [1.54, 1.807) is 14.2 Å². The van der Waals surface area contributed by atoms with Crippen molar-refractivity contribution >= 4 is 0 Å². The van der Waals surface area contributed by atoms with E-state index >= 15 is 0 Å². The van der Waals surface area contributed by atoms with Gasteiger partial charge in [-0.05, 0) is 43.1 Å². The van der Waals surface area contributed by atoms with Crippen LogP contribution in [0.3, 0.4) is 0 Å². The van der Waals surface area contributed by atoms with Crippen LogP contribution in [0.15, 0.2) is 12.1 Å². The van der Waals surface area contributed by atoms with Crippen LogP contribution in [0.5, 0.6) is 11.5 Å². The molecule has 1 unspecified atom stereocenters. The molecule has 1 atom stereocenters. The van der Waals surface area contributed by atoms with Crippen molar-refractivity contribution < 1.29 is 14.6 Å². The highest BCUT2D eigenvalue weighted by molar-refractivity contribution is 5.49. The summed E-state index contributed by atoms with van der Waals surface area (Å²) in [6, 6.07) is 4.37. The summed E-state index contributed by atoms with van der Waals surface area (Å²) in [5, 5.41) is 9.21. The van der Waals surface area contributed by atoms with Crippen LogP contribution in [-0.4, -0.2) is 44.4 Å². The van der Waals surface area contributed by atoms with Gasteiger partial charge in [-0.1, -0.05) is 0 Å². The van der Waals surface area contributed by atoms with Crippen LogP contribution in [0.25, 0.3) is 0 Å². The summed E-state index contributed by atoms with van der Waals surface area (Å²) in [4.78, 5) is 2.28. The second-order valence-corrected chi connectivity index (χ2v) is 4.66. The molecule has 1 heterocycles. The molecule has 1 aliphatic rings. The molecule has 0 amide bonds. The van der Waals surface area contributed by atoms with Crippen LogP contribution in [0.2, 0.25) is 0 Å². The Morgan fingerprint density at radius 1 is 1.28 bits per heavy atom. The predicted octanol–water partition coefficient (Wildman–Crippen LogP) is 1.62. The van der Waals surface area contributed by atoms with Crippen molar-refractivity contribution in [1.29, 1.82) is 0 Å². The molecule has 0 aliphatic carbocycles. The van der Waals surface area contributed by atoms with E-state index in [-0.39, 0.29) is 12.6 Å². The van der Waals surface area contributed by atoms with Gasteiger partial charge < -0.3 is 14.6 Å². The van der Waals surface area contributed by atoms with Crippen molar-refractivity contribution in [2.75, 3.05) is 34.4 Å². The number of aliphatic hydroxyl groups is 1. The maximum atomic E-state index is 9.21. The number of nitrogens with zero attached hydrogens (tertiary/aromatic N) is 1. The zero-order valence-electron chi connectivity index (χ0n) is 11.3. The number of hydrogen-bond acceptors (Lipinski definition) is 4. The molecule has 1 aromatic rings. The van der Waals surface area contributed by atoms with E-state index in [0.717, 1.165) is 30.9 Å². The highest BCUT2D eigenvalue weighted by Crippen LogP contribution is 2.38. The fraction of sp³-hybridized carbons (Fsp3) is 0.571. The smallest absolute Gasteiger partial charge is 0.161 e. The minimum Gasteiger partial charge on any atom is -0.493 e. The lowest BCUT2D eigenvalue weighted by Crippen LogP contribution is -2.32. The van der Waals surface area contributed by atoms with Gasteiger partial charge in [0.15, 0.2) is 11.5 Å².